The van der Waals surface area contributed by atoms with Gasteiger partial charge in [0.15, 0.2) is 5.76 Å². The molecule has 1 N–H and O–H groups in total. The monoisotopic (exact) mass is 431 g/mol. The third-order valence-electron chi connectivity index (χ3n) is 5.46. The van der Waals surface area contributed by atoms with Gasteiger partial charge in [0.2, 0.25) is 5.09 Å². The molecule has 0 saturated heterocycles. The maximum Gasteiger partial charge on any atom is 0.277 e. The first-order valence-electron chi connectivity index (χ1n) is 9.85. The fourth-order valence-corrected chi connectivity index (χ4v) is 5.47. The van der Waals surface area contributed by atoms with Crippen LogP contribution in [-0.4, -0.2) is 43.2 Å². The molecule has 4 rings (SSSR count). The summed E-state index contributed by atoms with van der Waals surface area (Å²) in [5.41, 5.74) is 1.37. The molecule has 0 aliphatic heterocycles. The molecule has 0 radical (unpaired) electrons. The fourth-order valence-electron chi connectivity index (χ4n) is 3.89. The van der Waals surface area contributed by atoms with E-state index in [-0.39, 0.29) is 17.7 Å². The number of sulfonamides is 1. The van der Waals surface area contributed by atoms with Crippen molar-refractivity contribution in [3.8, 4) is 23.0 Å². The Balaban J connectivity index is 1.71. The van der Waals surface area contributed by atoms with Crippen molar-refractivity contribution in [2.24, 2.45) is 0 Å². The number of hydrogen-bond acceptors (Lipinski definition) is 6. The van der Waals surface area contributed by atoms with Gasteiger partial charge in [0.25, 0.3) is 10.0 Å². The average molecular weight is 432 g/mol. The smallest absolute Gasteiger partial charge is 0.277 e. The molecule has 2 aromatic heterocycles. The SMILES string of the molecule is COc1ccc(OC)c(CN(C2CCCC2)S(=O)(=O)c2ccc(-c3ccn[nH]3)o2)c1. The van der Waals surface area contributed by atoms with Gasteiger partial charge in [-0.15, -0.1) is 0 Å². The molecule has 9 heteroatoms. The first-order valence-corrected chi connectivity index (χ1v) is 11.3. The molecule has 1 fully saturated rings. The number of rotatable bonds is 8. The predicted octanol–water partition coefficient (Wildman–Crippen LogP) is 3.82. The lowest BCUT2D eigenvalue weighted by atomic mass is 10.1. The van der Waals surface area contributed by atoms with Gasteiger partial charge < -0.3 is 13.9 Å². The van der Waals surface area contributed by atoms with Crippen molar-refractivity contribution in [1.29, 1.82) is 0 Å². The van der Waals surface area contributed by atoms with Gasteiger partial charge in [0.1, 0.15) is 17.2 Å². The van der Waals surface area contributed by atoms with Gasteiger partial charge >= 0.3 is 0 Å². The van der Waals surface area contributed by atoms with Gasteiger partial charge in [-0.25, -0.2) is 8.42 Å². The Bertz CT molecular complexity index is 1090. The molecule has 1 aliphatic rings. The minimum atomic E-state index is -3.86. The minimum absolute atomic E-state index is 0.0825. The van der Waals surface area contributed by atoms with Crippen molar-refractivity contribution in [3.63, 3.8) is 0 Å². The second-order valence-corrected chi connectivity index (χ2v) is 9.08. The third-order valence-corrected chi connectivity index (χ3v) is 7.23. The number of nitrogens with zero attached hydrogens (tertiary/aromatic N) is 2. The minimum Gasteiger partial charge on any atom is -0.497 e. The molecule has 2 heterocycles. The molecule has 0 spiro atoms. The van der Waals surface area contributed by atoms with E-state index >= 15 is 0 Å². The second-order valence-electron chi connectivity index (χ2n) is 7.26. The largest absolute Gasteiger partial charge is 0.497 e. The zero-order valence-electron chi connectivity index (χ0n) is 17.0. The lowest BCUT2D eigenvalue weighted by molar-refractivity contribution is 0.299. The van der Waals surface area contributed by atoms with E-state index in [1.165, 1.54) is 10.4 Å². The van der Waals surface area contributed by atoms with Crippen molar-refractivity contribution >= 4 is 10.0 Å². The van der Waals surface area contributed by atoms with E-state index in [0.29, 0.717) is 23.0 Å². The van der Waals surface area contributed by atoms with Crippen molar-refractivity contribution in [2.45, 2.75) is 43.4 Å². The summed E-state index contributed by atoms with van der Waals surface area (Å²) in [6, 6.07) is 10.2. The van der Waals surface area contributed by atoms with E-state index in [1.54, 1.807) is 44.7 Å². The zero-order chi connectivity index (χ0) is 21.1. The van der Waals surface area contributed by atoms with Crippen LogP contribution in [0.1, 0.15) is 31.2 Å². The van der Waals surface area contributed by atoms with E-state index in [9.17, 15) is 8.42 Å². The Morgan fingerprint density at radius 3 is 2.60 bits per heavy atom. The molecule has 0 amide bonds. The number of aromatic nitrogens is 2. The summed E-state index contributed by atoms with van der Waals surface area (Å²) in [7, 11) is -0.709. The summed E-state index contributed by atoms with van der Waals surface area (Å²) in [5, 5.41) is 6.59. The Morgan fingerprint density at radius 1 is 1.13 bits per heavy atom. The van der Waals surface area contributed by atoms with Crippen molar-refractivity contribution in [1.82, 2.24) is 14.5 Å². The molecular weight excluding hydrogens is 406 g/mol. The molecular formula is C21H25N3O5S. The standard InChI is InChI=1S/C21H25N3O5S/c1-27-17-7-8-19(28-2)15(13-17)14-24(16-5-3-4-6-16)30(25,26)21-10-9-20(29-21)18-11-12-22-23-18/h7-13,16H,3-6,14H2,1-2H3,(H,22,23). The Labute approximate surface area is 175 Å². The summed E-state index contributed by atoms with van der Waals surface area (Å²) >= 11 is 0. The number of methoxy groups -OCH3 is 2. The number of H-pyrrole nitrogens is 1. The van der Waals surface area contributed by atoms with Crippen LogP contribution < -0.4 is 9.47 Å². The highest BCUT2D eigenvalue weighted by atomic mass is 32.2. The fraction of sp³-hybridized carbons (Fsp3) is 0.381. The van der Waals surface area contributed by atoms with Gasteiger partial charge in [-0.2, -0.15) is 9.40 Å². The van der Waals surface area contributed by atoms with Crippen LogP contribution in [0, 0.1) is 0 Å². The molecule has 1 aliphatic carbocycles. The van der Waals surface area contributed by atoms with Gasteiger partial charge in [-0.05, 0) is 49.2 Å². The van der Waals surface area contributed by atoms with Crippen LogP contribution in [0.3, 0.4) is 0 Å². The maximum atomic E-state index is 13.6. The first-order chi connectivity index (χ1) is 14.5. The summed E-state index contributed by atoms with van der Waals surface area (Å²) < 4.78 is 45.2. The number of hydrogen-bond donors (Lipinski definition) is 1. The van der Waals surface area contributed by atoms with E-state index in [0.717, 1.165) is 31.2 Å². The first kappa shape index (κ1) is 20.5. The lowest BCUT2D eigenvalue weighted by Crippen LogP contribution is -2.38. The summed E-state index contributed by atoms with van der Waals surface area (Å²) in [5.74, 6) is 1.69. The molecule has 8 nitrogen and oxygen atoms in total. The number of aromatic amines is 1. The molecule has 0 unspecified atom stereocenters. The van der Waals surface area contributed by atoms with E-state index in [2.05, 4.69) is 10.2 Å². The number of nitrogens with one attached hydrogen (secondary N) is 1. The van der Waals surface area contributed by atoms with Gasteiger partial charge in [-0.1, -0.05) is 12.8 Å². The molecule has 30 heavy (non-hydrogen) atoms. The quantitative estimate of drug-likeness (QED) is 0.582. The number of furan rings is 1. The van der Waals surface area contributed by atoms with E-state index < -0.39 is 10.0 Å². The Kier molecular flexibility index (Phi) is 5.83. The van der Waals surface area contributed by atoms with E-state index in [4.69, 9.17) is 13.9 Å². The van der Waals surface area contributed by atoms with Crippen LogP contribution in [0.15, 0.2) is 52.1 Å². The molecule has 1 aromatic carbocycles. The van der Waals surface area contributed by atoms with E-state index in [1.807, 2.05) is 6.07 Å². The second kappa shape index (κ2) is 8.53. The van der Waals surface area contributed by atoms with Crippen LogP contribution in [0.2, 0.25) is 0 Å². The average Bonchev–Trinajstić information content (AvgIpc) is 3.52. The van der Waals surface area contributed by atoms with Crippen molar-refractivity contribution in [3.05, 3.63) is 48.2 Å². The normalized spacial score (nSPS) is 15.0. The van der Waals surface area contributed by atoms with Crippen LogP contribution >= 0.6 is 0 Å². The van der Waals surface area contributed by atoms with Crippen LogP contribution in [0.25, 0.3) is 11.5 Å². The summed E-state index contributed by atoms with van der Waals surface area (Å²) in [6.07, 6.45) is 5.23. The van der Waals surface area contributed by atoms with Crippen LogP contribution in [-0.2, 0) is 16.6 Å². The third kappa shape index (κ3) is 3.95. The van der Waals surface area contributed by atoms with Crippen LogP contribution in [0.5, 0.6) is 11.5 Å². The van der Waals surface area contributed by atoms with Gasteiger partial charge in [0, 0.05) is 24.3 Å². The predicted molar refractivity (Wildman–Crippen MR) is 111 cm³/mol. The molecule has 0 bridgehead atoms. The van der Waals surface area contributed by atoms with Crippen molar-refractivity contribution < 1.29 is 22.3 Å². The van der Waals surface area contributed by atoms with Gasteiger partial charge in [0.05, 0.1) is 14.2 Å². The summed E-state index contributed by atoms with van der Waals surface area (Å²) in [4.78, 5) is 0. The number of benzene rings is 1. The molecule has 3 aromatic rings. The lowest BCUT2D eigenvalue weighted by Gasteiger charge is -2.27. The maximum absolute atomic E-state index is 13.6. The topological polar surface area (TPSA) is 97.7 Å². The highest BCUT2D eigenvalue weighted by molar-refractivity contribution is 7.89. The van der Waals surface area contributed by atoms with Crippen LogP contribution in [0.4, 0.5) is 0 Å². The highest BCUT2D eigenvalue weighted by Gasteiger charge is 2.36. The summed E-state index contributed by atoms with van der Waals surface area (Å²) in [6.45, 7) is 0.174. The van der Waals surface area contributed by atoms with Crippen molar-refractivity contribution in [2.75, 3.05) is 14.2 Å². The molecule has 160 valence electrons. The number of ether oxygens (including phenoxy) is 2. The molecule has 0 atom stereocenters. The Morgan fingerprint density at radius 2 is 1.93 bits per heavy atom. The molecule has 1 saturated carbocycles. The van der Waals surface area contributed by atoms with Gasteiger partial charge in [-0.3, -0.25) is 5.10 Å². The Hall–Kier alpha value is -2.78. The highest BCUT2D eigenvalue weighted by Crippen LogP contribution is 2.34. The zero-order valence-corrected chi connectivity index (χ0v) is 17.8.